The minimum atomic E-state index is -1.26. The maximum absolute atomic E-state index is 12.7. The van der Waals surface area contributed by atoms with Crippen LogP contribution in [0.25, 0.3) is 0 Å². The summed E-state index contributed by atoms with van der Waals surface area (Å²) in [6, 6.07) is 7.38. The van der Waals surface area contributed by atoms with E-state index in [1.807, 2.05) is 30.0 Å². The molecule has 1 aromatic carbocycles. The van der Waals surface area contributed by atoms with Gasteiger partial charge in [0, 0.05) is 12.1 Å². The summed E-state index contributed by atoms with van der Waals surface area (Å²) < 4.78 is 11.2. The standard InChI is InChI=1S/C14H13NO4/c1-8-7-15-10-5-3-2-4-9(10)13(17)14(15)11(18-8)6-12(16)19-14/h2-5,8,11H,6-7H2,1H3/t8-,11+,14+/m0/s1. The molecule has 2 saturated heterocycles. The van der Waals surface area contributed by atoms with Crippen molar-refractivity contribution in [1.29, 1.82) is 0 Å². The molecule has 0 amide bonds. The average molecular weight is 259 g/mol. The molecule has 0 N–H and O–H groups in total. The zero-order chi connectivity index (χ0) is 13.2. The predicted octanol–water partition coefficient (Wildman–Crippen LogP) is 1.12. The fraction of sp³-hybridized carbons (Fsp3) is 0.429. The van der Waals surface area contributed by atoms with Gasteiger partial charge >= 0.3 is 5.97 Å². The van der Waals surface area contributed by atoms with Gasteiger partial charge in [0.2, 0.25) is 5.78 Å². The monoisotopic (exact) mass is 259 g/mol. The first-order valence-corrected chi connectivity index (χ1v) is 6.41. The summed E-state index contributed by atoms with van der Waals surface area (Å²) in [7, 11) is 0. The van der Waals surface area contributed by atoms with Crippen molar-refractivity contribution in [2.45, 2.75) is 31.3 Å². The Labute approximate surface area is 110 Å². The number of ketones is 1. The van der Waals surface area contributed by atoms with Gasteiger partial charge in [-0.3, -0.25) is 9.59 Å². The van der Waals surface area contributed by atoms with Gasteiger partial charge < -0.3 is 14.4 Å². The molecule has 0 unspecified atom stereocenters. The summed E-state index contributed by atoms with van der Waals surface area (Å²) in [4.78, 5) is 26.3. The van der Waals surface area contributed by atoms with Crippen molar-refractivity contribution in [1.82, 2.24) is 0 Å². The van der Waals surface area contributed by atoms with Crippen LogP contribution in [0.2, 0.25) is 0 Å². The van der Waals surface area contributed by atoms with Crippen LogP contribution in [0.15, 0.2) is 24.3 Å². The maximum Gasteiger partial charge on any atom is 0.311 e. The number of rotatable bonds is 0. The Morgan fingerprint density at radius 2 is 2.11 bits per heavy atom. The number of hydrogen-bond acceptors (Lipinski definition) is 5. The summed E-state index contributed by atoms with van der Waals surface area (Å²) >= 11 is 0. The lowest BCUT2D eigenvalue weighted by atomic mass is 9.97. The number of para-hydroxylation sites is 1. The van der Waals surface area contributed by atoms with E-state index in [-0.39, 0.29) is 24.3 Å². The molecule has 0 bridgehead atoms. The molecule has 2 fully saturated rings. The lowest BCUT2D eigenvalue weighted by Crippen LogP contribution is -2.64. The van der Waals surface area contributed by atoms with Crippen molar-refractivity contribution < 1.29 is 19.1 Å². The van der Waals surface area contributed by atoms with Crippen molar-refractivity contribution in [2.24, 2.45) is 0 Å². The normalized spacial score (nSPS) is 35.7. The summed E-state index contributed by atoms with van der Waals surface area (Å²) in [5.41, 5.74) is 0.190. The van der Waals surface area contributed by atoms with Crippen LogP contribution in [0.1, 0.15) is 23.7 Å². The Kier molecular flexibility index (Phi) is 1.94. The second-order valence-electron chi connectivity index (χ2n) is 5.27. The number of ether oxygens (including phenoxy) is 2. The van der Waals surface area contributed by atoms with E-state index in [0.717, 1.165) is 5.69 Å². The number of nitrogens with zero attached hydrogens (tertiary/aromatic N) is 1. The fourth-order valence-corrected chi connectivity index (χ4v) is 3.34. The van der Waals surface area contributed by atoms with Crippen LogP contribution < -0.4 is 4.90 Å². The molecule has 3 heterocycles. The largest absolute Gasteiger partial charge is 0.428 e. The molecule has 0 aliphatic carbocycles. The van der Waals surface area contributed by atoms with E-state index in [4.69, 9.17) is 9.47 Å². The van der Waals surface area contributed by atoms with E-state index in [1.165, 1.54) is 0 Å². The highest BCUT2D eigenvalue weighted by atomic mass is 16.6. The summed E-state index contributed by atoms with van der Waals surface area (Å²) in [6.07, 6.45) is -0.407. The highest BCUT2D eigenvalue weighted by Crippen LogP contribution is 2.48. The fourth-order valence-electron chi connectivity index (χ4n) is 3.34. The first kappa shape index (κ1) is 11.0. The average Bonchev–Trinajstić information content (AvgIpc) is 2.84. The maximum atomic E-state index is 12.7. The first-order valence-electron chi connectivity index (χ1n) is 6.41. The van der Waals surface area contributed by atoms with Gasteiger partial charge in [-0.2, -0.15) is 0 Å². The molecule has 1 spiro atoms. The number of carbonyl (C=O) groups excluding carboxylic acids is 2. The van der Waals surface area contributed by atoms with Crippen LogP contribution in [0.5, 0.6) is 0 Å². The van der Waals surface area contributed by atoms with Crippen molar-refractivity contribution in [3.63, 3.8) is 0 Å². The minimum Gasteiger partial charge on any atom is -0.428 e. The SMILES string of the molecule is C[C@H]1CN2c3ccccc3C(=O)[C@@]23OC(=O)C[C@H]3O1. The smallest absolute Gasteiger partial charge is 0.311 e. The second-order valence-corrected chi connectivity index (χ2v) is 5.27. The Bertz CT molecular complexity index is 599. The highest BCUT2D eigenvalue weighted by Gasteiger charge is 2.66. The van der Waals surface area contributed by atoms with Crippen molar-refractivity contribution in [3.8, 4) is 0 Å². The lowest BCUT2D eigenvalue weighted by molar-refractivity contribution is -0.152. The van der Waals surface area contributed by atoms with Gasteiger partial charge in [-0.1, -0.05) is 12.1 Å². The van der Waals surface area contributed by atoms with Gasteiger partial charge in [-0.25, -0.2) is 0 Å². The number of morpholine rings is 1. The lowest BCUT2D eigenvalue weighted by Gasteiger charge is -2.44. The number of anilines is 1. The van der Waals surface area contributed by atoms with Crippen LogP contribution in [-0.2, 0) is 14.3 Å². The van der Waals surface area contributed by atoms with E-state index in [9.17, 15) is 9.59 Å². The molecule has 3 aliphatic rings. The molecule has 5 nitrogen and oxygen atoms in total. The number of hydrogen-bond donors (Lipinski definition) is 0. The molecule has 98 valence electrons. The van der Waals surface area contributed by atoms with Crippen LogP contribution >= 0.6 is 0 Å². The van der Waals surface area contributed by atoms with Crippen molar-refractivity contribution >= 4 is 17.4 Å². The molecule has 5 heteroatoms. The van der Waals surface area contributed by atoms with Gasteiger partial charge in [-0.05, 0) is 19.1 Å². The quantitative estimate of drug-likeness (QED) is 0.653. The van der Waals surface area contributed by atoms with Gasteiger partial charge in [0.1, 0.15) is 6.10 Å². The highest BCUT2D eigenvalue weighted by molar-refractivity contribution is 6.15. The number of carbonyl (C=O) groups is 2. The molecule has 3 aliphatic heterocycles. The molecule has 0 saturated carbocycles. The summed E-state index contributed by atoms with van der Waals surface area (Å²) in [5.74, 6) is -0.531. The van der Waals surface area contributed by atoms with Gasteiger partial charge in [0.05, 0.1) is 18.2 Å². The number of fused-ring (bicyclic) bond motifs is 2. The van der Waals surface area contributed by atoms with Crippen molar-refractivity contribution in [3.05, 3.63) is 29.8 Å². The molecule has 1 aromatic rings. The van der Waals surface area contributed by atoms with E-state index < -0.39 is 11.8 Å². The molecule has 3 atom stereocenters. The topological polar surface area (TPSA) is 55.8 Å². The second kappa shape index (κ2) is 3.36. The van der Waals surface area contributed by atoms with Gasteiger partial charge in [0.25, 0.3) is 5.72 Å². The van der Waals surface area contributed by atoms with Crippen LogP contribution in [0, 0.1) is 0 Å². The predicted molar refractivity (Wildman–Crippen MR) is 65.9 cm³/mol. The molecule has 0 radical (unpaired) electrons. The third-order valence-electron chi connectivity index (χ3n) is 4.06. The summed E-state index contributed by atoms with van der Waals surface area (Å²) in [6.45, 7) is 2.49. The van der Waals surface area contributed by atoms with Gasteiger partial charge in [0.15, 0.2) is 0 Å². The van der Waals surface area contributed by atoms with Crippen LogP contribution in [0.3, 0.4) is 0 Å². The van der Waals surface area contributed by atoms with E-state index in [0.29, 0.717) is 12.1 Å². The Morgan fingerprint density at radius 3 is 2.95 bits per heavy atom. The minimum absolute atomic E-state index is 0.0356. The number of esters is 1. The van der Waals surface area contributed by atoms with Crippen LogP contribution in [-0.4, -0.2) is 36.2 Å². The van der Waals surface area contributed by atoms with Gasteiger partial charge in [-0.15, -0.1) is 0 Å². The molecule has 4 rings (SSSR count). The Hall–Kier alpha value is -1.88. The molecular formula is C14H13NO4. The zero-order valence-corrected chi connectivity index (χ0v) is 10.5. The van der Waals surface area contributed by atoms with Crippen LogP contribution in [0.4, 0.5) is 5.69 Å². The van der Waals surface area contributed by atoms with E-state index >= 15 is 0 Å². The zero-order valence-electron chi connectivity index (χ0n) is 10.5. The first-order chi connectivity index (χ1) is 9.13. The Morgan fingerprint density at radius 1 is 1.32 bits per heavy atom. The molecular weight excluding hydrogens is 246 g/mol. The molecule has 19 heavy (non-hydrogen) atoms. The number of Topliss-reactive ketones (excluding diaryl/α,β-unsaturated/α-hetero) is 1. The van der Waals surface area contributed by atoms with Crippen molar-refractivity contribution in [2.75, 3.05) is 11.4 Å². The van der Waals surface area contributed by atoms with E-state index in [2.05, 4.69) is 0 Å². The third-order valence-corrected chi connectivity index (χ3v) is 4.06. The summed E-state index contributed by atoms with van der Waals surface area (Å²) in [5, 5.41) is 0. The van der Waals surface area contributed by atoms with E-state index in [1.54, 1.807) is 6.07 Å². The third kappa shape index (κ3) is 1.18. The Balaban J connectivity index is 1.93. The molecule has 0 aromatic heterocycles. The number of benzene rings is 1.